The number of halogens is 1. The first-order chi connectivity index (χ1) is 13.5. The largest absolute Gasteiger partial charge is 0.506 e. The molecule has 1 amide bonds. The van der Waals surface area contributed by atoms with Gasteiger partial charge in [0.05, 0.1) is 11.7 Å². The molecule has 6 nitrogen and oxygen atoms in total. The molecule has 0 atom stereocenters. The van der Waals surface area contributed by atoms with Gasteiger partial charge in [0.2, 0.25) is 0 Å². The number of hydrazone groups is 1. The van der Waals surface area contributed by atoms with E-state index in [2.05, 4.69) is 10.5 Å². The van der Waals surface area contributed by atoms with Crippen LogP contribution in [0.2, 0.25) is 5.02 Å². The molecule has 144 valence electrons. The van der Waals surface area contributed by atoms with Crippen LogP contribution in [-0.4, -0.2) is 21.8 Å². The Balaban J connectivity index is 1.97. The van der Waals surface area contributed by atoms with Crippen molar-refractivity contribution in [3.63, 3.8) is 0 Å². The van der Waals surface area contributed by atoms with Crippen molar-refractivity contribution in [1.82, 2.24) is 9.99 Å². The Morgan fingerprint density at radius 2 is 2.04 bits per heavy atom. The van der Waals surface area contributed by atoms with Crippen LogP contribution < -0.4 is 11.0 Å². The highest BCUT2D eigenvalue weighted by atomic mass is 35.5. The van der Waals surface area contributed by atoms with Crippen LogP contribution in [0.5, 0.6) is 5.75 Å². The summed E-state index contributed by atoms with van der Waals surface area (Å²) in [5.74, 6) is -1.11. The summed E-state index contributed by atoms with van der Waals surface area (Å²) in [5, 5.41) is 15.4. The highest BCUT2D eigenvalue weighted by Crippen LogP contribution is 2.26. The van der Waals surface area contributed by atoms with Gasteiger partial charge >= 0.3 is 0 Å². The average Bonchev–Trinajstić information content (AvgIpc) is 2.68. The number of hydrogen-bond acceptors (Lipinski definition) is 4. The molecular formula is C21H20ClN3O3. The second-order valence-electron chi connectivity index (χ2n) is 6.31. The van der Waals surface area contributed by atoms with E-state index < -0.39 is 11.5 Å². The number of unbranched alkanes of at least 4 members (excludes halogenated alkanes) is 1. The van der Waals surface area contributed by atoms with Crippen molar-refractivity contribution in [3.8, 4) is 5.75 Å². The lowest BCUT2D eigenvalue weighted by Crippen LogP contribution is -2.31. The zero-order valence-electron chi connectivity index (χ0n) is 15.4. The molecule has 3 aromatic rings. The third kappa shape index (κ3) is 4.07. The van der Waals surface area contributed by atoms with Crippen LogP contribution in [-0.2, 0) is 6.54 Å². The third-order valence-electron chi connectivity index (χ3n) is 4.34. The summed E-state index contributed by atoms with van der Waals surface area (Å²) in [5.41, 5.74) is 2.73. The first-order valence-electron chi connectivity index (χ1n) is 8.96. The van der Waals surface area contributed by atoms with Crippen molar-refractivity contribution in [2.45, 2.75) is 26.3 Å². The number of carbonyl (C=O) groups is 1. The standard InChI is InChI=1S/C21H20ClN3O3/c1-2-3-11-25-17-10-5-4-9-16(17)19(26)18(21(25)28)20(27)24-23-13-14-7-6-8-15(22)12-14/h4-10,12-13,26H,2-3,11H2,1H3,(H,24,27)/b23-13+. The molecule has 2 N–H and O–H groups in total. The second kappa shape index (κ2) is 8.71. The lowest BCUT2D eigenvalue weighted by molar-refractivity contribution is 0.0950. The highest BCUT2D eigenvalue weighted by Gasteiger charge is 2.21. The van der Waals surface area contributed by atoms with Gasteiger partial charge in [-0.2, -0.15) is 5.10 Å². The van der Waals surface area contributed by atoms with Crippen molar-refractivity contribution >= 4 is 34.6 Å². The Labute approximate surface area is 167 Å². The van der Waals surface area contributed by atoms with Gasteiger partial charge in [0, 0.05) is 17.0 Å². The van der Waals surface area contributed by atoms with E-state index in [1.54, 1.807) is 48.5 Å². The van der Waals surface area contributed by atoms with Crippen molar-refractivity contribution < 1.29 is 9.90 Å². The molecule has 0 aliphatic heterocycles. The fourth-order valence-electron chi connectivity index (χ4n) is 2.94. The number of rotatable bonds is 6. The van der Waals surface area contributed by atoms with E-state index in [-0.39, 0.29) is 11.3 Å². The molecule has 0 unspecified atom stereocenters. The van der Waals surface area contributed by atoms with Gasteiger partial charge in [0.1, 0.15) is 11.3 Å². The van der Waals surface area contributed by atoms with Crippen molar-refractivity contribution in [1.29, 1.82) is 0 Å². The number of hydrogen-bond donors (Lipinski definition) is 2. The van der Waals surface area contributed by atoms with Crippen LogP contribution in [0.4, 0.5) is 0 Å². The lowest BCUT2D eigenvalue weighted by atomic mass is 10.1. The van der Waals surface area contributed by atoms with E-state index in [1.165, 1.54) is 10.8 Å². The molecule has 3 rings (SSSR count). The number of aryl methyl sites for hydroxylation is 1. The number of carbonyl (C=O) groups excluding carboxylic acids is 1. The van der Waals surface area contributed by atoms with Crippen LogP contribution in [0.1, 0.15) is 35.7 Å². The Hall–Kier alpha value is -3.12. The number of para-hydroxylation sites is 1. The van der Waals surface area contributed by atoms with E-state index in [1.807, 2.05) is 6.92 Å². The van der Waals surface area contributed by atoms with Gasteiger partial charge in [0.15, 0.2) is 0 Å². The third-order valence-corrected chi connectivity index (χ3v) is 4.57. The number of aromatic nitrogens is 1. The van der Waals surface area contributed by atoms with E-state index in [0.29, 0.717) is 28.0 Å². The Kier molecular flexibility index (Phi) is 6.11. The van der Waals surface area contributed by atoms with Gasteiger partial charge in [0.25, 0.3) is 11.5 Å². The summed E-state index contributed by atoms with van der Waals surface area (Å²) in [6, 6.07) is 13.9. The van der Waals surface area contributed by atoms with E-state index in [9.17, 15) is 14.7 Å². The Morgan fingerprint density at radius 1 is 1.25 bits per heavy atom. The predicted octanol–water partition coefficient (Wildman–Crippen LogP) is 3.92. The van der Waals surface area contributed by atoms with Crippen LogP contribution >= 0.6 is 11.6 Å². The summed E-state index contributed by atoms with van der Waals surface area (Å²) >= 11 is 5.91. The molecule has 0 aliphatic carbocycles. The Morgan fingerprint density at radius 3 is 2.79 bits per heavy atom. The SMILES string of the molecule is CCCCn1c(=O)c(C(=O)N/N=C/c2cccc(Cl)c2)c(O)c2ccccc21. The molecule has 28 heavy (non-hydrogen) atoms. The quantitative estimate of drug-likeness (QED) is 0.488. The van der Waals surface area contributed by atoms with Gasteiger partial charge in [-0.05, 0) is 36.2 Å². The van der Waals surface area contributed by atoms with Gasteiger partial charge in [-0.25, -0.2) is 5.43 Å². The maximum Gasteiger partial charge on any atom is 0.280 e. The lowest BCUT2D eigenvalue weighted by Gasteiger charge is -2.14. The normalized spacial score (nSPS) is 11.2. The van der Waals surface area contributed by atoms with Crippen LogP contribution in [0.15, 0.2) is 58.4 Å². The minimum atomic E-state index is -0.767. The number of nitrogens with one attached hydrogen (secondary N) is 1. The highest BCUT2D eigenvalue weighted by molar-refractivity contribution is 6.30. The fourth-order valence-corrected chi connectivity index (χ4v) is 3.14. The van der Waals surface area contributed by atoms with Gasteiger partial charge < -0.3 is 9.67 Å². The van der Waals surface area contributed by atoms with Gasteiger partial charge in [-0.15, -0.1) is 0 Å². The minimum Gasteiger partial charge on any atom is -0.506 e. The number of nitrogens with zero attached hydrogens (tertiary/aromatic N) is 2. The second-order valence-corrected chi connectivity index (χ2v) is 6.74. The molecule has 2 aromatic carbocycles. The van der Waals surface area contributed by atoms with Crippen LogP contribution in [0, 0.1) is 0 Å². The smallest absolute Gasteiger partial charge is 0.280 e. The number of aromatic hydroxyl groups is 1. The molecule has 0 aliphatic rings. The molecule has 0 fully saturated rings. The molecule has 0 saturated heterocycles. The van der Waals surface area contributed by atoms with Crippen LogP contribution in [0.25, 0.3) is 10.9 Å². The maximum atomic E-state index is 12.9. The molecule has 1 aromatic heterocycles. The summed E-state index contributed by atoms with van der Waals surface area (Å²) < 4.78 is 1.52. The molecular weight excluding hydrogens is 378 g/mol. The Bertz CT molecular complexity index is 1110. The monoisotopic (exact) mass is 397 g/mol. The summed E-state index contributed by atoms with van der Waals surface area (Å²) in [6.45, 7) is 2.48. The molecule has 0 radical (unpaired) electrons. The number of pyridine rings is 1. The molecule has 0 spiro atoms. The average molecular weight is 398 g/mol. The maximum absolute atomic E-state index is 12.9. The van der Waals surface area contributed by atoms with Gasteiger partial charge in [-0.3, -0.25) is 9.59 Å². The molecule has 0 bridgehead atoms. The van der Waals surface area contributed by atoms with Crippen molar-refractivity contribution in [3.05, 3.63) is 75.0 Å². The van der Waals surface area contributed by atoms with Crippen LogP contribution in [0.3, 0.4) is 0 Å². The summed E-state index contributed by atoms with van der Waals surface area (Å²) in [6.07, 6.45) is 3.09. The molecule has 0 saturated carbocycles. The topological polar surface area (TPSA) is 83.7 Å². The van der Waals surface area contributed by atoms with Crippen molar-refractivity contribution in [2.75, 3.05) is 0 Å². The van der Waals surface area contributed by atoms with E-state index in [4.69, 9.17) is 11.6 Å². The first kappa shape index (κ1) is 19.6. The number of fused-ring (bicyclic) bond motifs is 1. The minimum absolute atomic E-state index is 0.321. The summed E-state index contributed by atoms with van der Waals surface area (Å²) in [4.78, 5) is 25.5. The van der Waals surface area contributed by atoms with Gasteiger partial charge in [-0.1, -0.05) is 49.2 Å². The molecule has 1 heterocycles. The zero-order chi connectivity index (χ0) is 20.1. The number of amides is 1. The predicted molar refractivity (Wildman–Crippen MR) is 111 cm³/mol. The van der Waals surface area contributed by atoms with E-state index in [0.717, 1.165) is 12.8 Å². The number of benzene rings is 2. The first-order valence-corrected chi connectivity index (χ1v) is 9.34. The summed E-state index contributed by atoms with van der Waals surface area (Å²) in [7, 11) is 0. The van der Waals surface area contributed by atoms with E-state index >= 15 is 0 Å². The molecule has 7 heteroatoms. The zero-order valence-corrected chi connectivity index (χ0v) is 16.1. The fraction of sp³-hybridized carbons (Fsp3) is 0.190. The van der Waals surface area contributed by atoms with Crippen molar-refractivity contribution in [2.24, 2.45) is 5.10 Å².